The van der Waals surface area contributed by atoms with Gasteiger partial charge in [0.1, 0.15) is 11.5 Å². The van der Waals surface area contributed by atoms with Crippen LogP contribution in [0.2, 0.25) is 0 Å². The summed E-state index contributed by atoms with van der Waals surface area (Å²) in [5, 5.41) is 9.01. The van der Waals surface area contributed by atoms with Crippen LogP contribution in [-0.2, 0) is 9.59 Å². The van der Waals surface area contributed by atoms with E-state index in [2.05, 4.69) is 21.2 Å². The highest BCUT2D eigenvalue weighted by Gasteiger charge is 2.18. The SMILES string of the molecule is COc1ccc(C(=O)Oc2ccc(/C=N/NC(=O)C(=O)Nc3ccccc3C(=O)Nc3cccc(C)c3)cc2)cc1. The average Bonchev–Trinajstić information content (AvgIpc) is 2.98. The smallest absolute Gasteiger partial charge is 0.343 e. The molecule has 4 aromatic carbocycles. The Morgan fingerprint density at radius 2 is 1.46 bits per heavy atom. The topological polar surface area (TPSA) is 135 Å². The van der Waals surface area contributed by atoms with Gasteiger partial charge in [-0.2, -0.15) is 5.10 Å². The van der Waals surface area contributed by atoms with Crippen molar-refractivity contribution in [2.45, 2.75) is 6.92 Å². The first-order valence-corrected chi connectivity index (χ1v) is 12.4. The lowest BCUT2D eigenvalue weighted by Gasteiger charge is -2.11. The molecule has 10 heteroatoms. The summed E-state index contributed by atoms with van der Waals surface area (Å²) in [5.41, 5.74) is 5.03. The summed E-state index contributed by atoms with van der Waals surface area (Å²) in [5.74, 6) is -2.05. The number of anilines is 2. The van der Waals surface area contributed by atoms with Gasteiger partial charge in [0.05, 0.1) is 30.1 Å². The van der Waals surface area contributed by atoms with E-state index in [-0.39, 0.29) is 11.3 Å². The molecular weight excluding hydrogens is 524 g/mol. The minimum absolute atomic E-state index is 0.168. The third kappa shape index (κ3) is 7.87. The van der Waals surface area contributed by atoms with E-state index in [1.807, 2.05) is 25.1 Å². The zero-order valence-electron chi connectivity index (χ0n) is 22.2. The van der Waals surface area contributed by atoms with Gasteiger partial charge in [-0.05, 0) is 90.8 Å². The first-order valence-electron chi connectivity index (χ1n) is 12.4. The molecule has 206 valence electrons. The molecule has 10 nitrogen and oxygen atoms in total. The lowest BCUT2D eigenvalue weighted by Crippen LogP contribution is -2.33. The van der Waals surface area contributed by atoms with Gasteiger partial charge in [0.15, 0.2) is 0 Å². The molecule has 0 unspecified atom stereocenters. The van der Waals surface area contributed by atoms with E-state index in [1.165, 1.54) is 25.5 Å². The maximum Gasteiger partial charge on any atom is 0.343 e. The molecule has 0 atom stereocenters. The molecule has 0 heterocycles. The number of benzene rings is 4. The van der Waals surface area contributed by atoms with Gasteiger partial charge in [-0.3, -0.25) is 14.4 Å². The fraction of sp³-hybridized carbons (Fsp3) is 0.0645. The molecule has 4 rings (SSSR count). The molecule has 0 bridgehead atoms. The second-order valence-corrected chi connectivity index (χ2v) is 8.71. The predicted molar refractivity (Wildman–Crippen MR) is 154 cm³/mol. The summed E-state index contributed by atoms with van der Waals surface area (Å²) in [4.78, 5) is 49.8. The number of amides is 3. The molecule has 41 heavy (non-hydrogen) atoms. The monoisotopic (exact) mass is 550 g/mol. The van der Waals surface area contributed by atoms with Crippen LogP contribution in [0.5, 0.6) is 11.5 Å². The zero-order valence-corrected chi connectivity index (χ0v) is 22.2. The molecule has 0 fully saturated rings. The van der Waals surface area contributed by atoms with Crippen LogP contribution in [0.15, 0.2) is 102 Å². The van der Waals surface area contributed by atoms with Crippen LogP contribution >= 0.6 is 0 Å². The Morgan fingerprint density at radius 1 is 0.756 bits per heavy atom. The normalized spacial score (nSPS) is 10.5. The van der Waals surface area contributed by atoms with E-state index < -0.39 is 23.7 Å². The molecule has 0 aliphatic carbocycles. The van der Waals surface area contributed by atoms with Crippen molar-refractivity contribution in [2.75, 3.05) is 17.7 Å². The van der Waals surface area contributed by atoms with Gasteiger partial charge in [-0.1, -0.05) is 24.3 Å². The number of esters is 1. The van der Waals surface area contributed by atoms with Gasteiger partial charge in [0.25, 0.3) is 5.91 Å². The van der Waals surface area contributed by atoms with Crippen molar-refractivity contribution in [1.29, 1.82) is 0 Å². The Kier molecular flexibility index (Phi) is 9.19. The highest BCUT2D eigenvalue weighted by molar-refractivity contribution is 6.40. The number of hydrogen-bond donors (Lipinski definition) is 3. The van der Waals surface area contributed by atoms with Gasteiger partial charge in [0, 0.05) is 5.69 Å². The van der Waals surface area contributed by atoms with Crippen LogP contribution in [0.25, 0.3) is 0 Å². The average molecular weight is 551 g/mol. The van der Waals surface area contributed by atoms with E-state index in [9.17, 15) is 19.2 Å². The quantitative estimate of drug-likeness (QED) is 0.0968. The number of para-hydroxylation sites is 1. The van der Waals surface area contributed by atoms with Gasteiger partial charge in [-0.15, -0.1) is 0 Å². The summed E-state index contributed by atoms with van der Waals surface area (Å²) in [6, 6.07) is 26.5. The van der Waals surface area contributed by atoms with Crippen LogP contribution in [0, 0.1) is 6.92 Å². The number of aryl methyl sites for hydroxylation is 1. The zero-order chi connectivity index (χ0) is 29.2. The summed E-state index contributed by atoms with van der Waals surface area (Å²) in [6.45, 7) is 1.90. The van der Waals surface area contributed by atoms with Crippen molar-refractivity contribution < 1.29 is 28.7 Å². The molecule has 0 saturated heterocycles. The molecular formula is C31H26N4O6. The van der Waals surface area contributed by atoms with Crippen LogP contribution in [-0.4, -0.2) is 37.0 Å². The van der Waals surface area contributed by atoms with E-state index in [4.69, 9.17) is 9.47 Å². The molecule has 3 amide bonds. The number of hydrazone groups is 1. The minimum atomic E-state index is -1.03. The Bertz CT molecular complexity index is 1600. The maximum absolute atomic E-state index is 12.8. The third-order valence-corrected chi connectivity index (χ3v) is 5.70. The van der Waals surface area contributed by atoms with Crippen LogP contribution in [0.3, 0.4) is 0 Å². The Morgan fingerprint density at radius 3 is 2.17 bits per heavy atom. The second-order valence-electron chi connectivity index (χ2n) is 8.71. The maximum atomic E-state index is 12.8. The van der Waals surface area contributed by atoms with Crippen LogP contribution in [0.1, 0.15) is 31.8 Å². The summed E-state index contributed by atoms with van der Waals surface area (Å²) in [6.07, 6.45) is 1.32. The molecule has 4 aromatic rings. The first-order chi connectivity index (χ1) is 19.8. The van der Waals surface area contributed by atoms with Crippen molar-refractivity contribution >= 4 is 41.3 Å². The molecule has 0 aromatic heterocycles. The van der Waals surface area contributed by atoms with E-state index >= 15 is 0 Å². The van der Waals surface area contributed by atoms with E-state index in [0.29, 0.717) is 28.3 Å². The lowest BCUT2D eigenvalue weighted by atomic mass is 10.1. The van der Waals surface area contributed by atoms with Crippen LogP contribution < -0.4 is 25.5 Å². The van der Waals surface area contributed by atoms with Crippen molar-refractivity contribution in [3.05, 3.63) is 119 Å². The van der Waals surface area contributed by atoms with E-state index in [0.717, 1.165) is 5.56 Å². The minimum Gasteiger partial charge on any atom is -0.497 e. The number of nitrogens with zero attached hydrogens (tertiary/aromatic N) is 1. The summed E-state index contributed by atoms with van der Waals surface area (Å²) in [7, 11) is 1.54. The van der Waals surface area contributed by atoms with Crippen molar-refractivity contribution in [2.24, 2.45) is 5.10 Å². The Hall–Kier alpha value is -5.77. The highest BCUT2D eigenvalue weighted by atomic mass is 16.5. The van der Waals surface area contributed by atoms with Crippen LogP contribution in [0.4, 0.5) is 11.4 Å². The number of ether oxygens (including phenoxy) is 2. The Labute approximate surface area is 236 Å². The van der Waals surface area contributed by atoms with Gasteiger partial charge in [-0.25, -0.2) is 10.2 Å². The second kappa shape index (κ2) is 13.3. The first kappa shape index (κ1) is 28.2. The number of hydrogen-bond acceptors (Lipinski definition) is 7. The molecule has 0 saturated carbocycles. The molecule has 0 aliphatic rings. The molecule has 0 spiro atoms. The number of nitrogens with one attached hydrogen (secondary N) is 3. The number of methoxy groups -OCH3 is 1. The lowest BCUT2D eigenvalue weighted by molar-refractivity contribution is -0.136. The van der Waals surface area contributed by atoms with Crippen molar-refractivity contribution in [3.63, 3.8) is 0 Å². The standard InChI is InChI=1S/C31H26N4O6/c1-20-6-5-7-23(18-20)33-28(36)26-8-3-4-9-27(26)34-29(37)30(38)35-32-19-21-10-14-25(15-11-21)41-31(39)22-12-16-24(40-2)17-13-22/h3-19H,1-2H3,(H,33,36)(H,34,37)(H,35,38)/b32-19+. The van der Waals surface area contributed by atoms with Gasteiger partial charge < -0.3 is 20.1 Å². The van der Waals surface area contributed by atoms with Crippen molar-refractivity contribution in [1.82, 2.24) is 5.43 Å². The molecule has 0 aliphatic heterocycles. The summed E-state index contributed by atoms with van der Waals surface area (Å²) >= 11 is 0. The number of carbonyl (C=O) groups excluding carboxylic acids is 4. The van der Waals surface area contributed by atoms with Crippen molar-refractivity contribution in [3.8, 4) is 11.5 Å². The highest BCUT2D eigenvalue weighted by Crippen LogP contribution is 2.19. The van der Waals surface area contributed by atoms with Gasteiger partial charge >= 0.3 is 17.8 Å². The fourth-order valence-electron chi connectivity index (χ4n) is 3.62. The largest absolute Gasteiger partial charge is 0.497 e. The fourth-order valence-corrected chi connectivity index (χ4v) is 3.62. The number of rotatable bonds is 8. The molecule has 3 N–H and O–H groups in total. The number of carbonyl (C=O) groups is 4. The third-order valence-electron chi connectivity index (χ3n) is 5.70. The van der Waals surface area contributed by atoms with E-state index in [1.54, 1.807) is 66.7 Å². The van der Waals surface area contributed by atoms with Gasteiger partial charge in [0.2, 0.25) is 0 Å². The summed E-state index contributed by atoms with van der Waals surface area (Å²) < 4.78 is 10.4. The Balaban J connectivity index is 1.30. The molecule has 0 radical (unpaired) electrons. The predicted octanol–water partition coefficient (Wildman–Crippen LogP) is 4.56.